The van der Waals surface area contributed by atoms with E-state index in [4.69, 9.17) is 4.74 Å². The van der Waals surface area contributed by atoms with Gasteiger partial charge in [0.05, 0.1) is 25.2 Å². The average molecular weight is 459 g/mol. The molecule has 0 spiro atoms. The number of nitrogens with one attached hydrogen (secondary N) is 1. The van der Waals surface area contributed by atoms with Crippen LogP contribution in [0.2, 0.25) is 0 Å². The van der Waals surface area contributed by atoms with Crippen LogP contribution in [0.15, 0.2) is 53.3 Å². The molecular weight excluding hydrogens is 428 g/mol. The van der Waals surface area contributed by atoms with Gasteiger partial charge in [0.1, 0.15) is 5.75 Å². The monoisotopic (exact) mass is 458 g/mol. The van der Waals surface area contributed by atoms with E-state index in [1.54, 1.807) is 7.11 Å². The van der Waals surface area contributed by atoms with Gasteiger partial charge in [-0.2, -0.15) is 0 Å². The Morgan fingerprint density at radius 3 is 2.65 bits per heavy atom. The summed E-state index contributed by atoms with van der Waals surface area (Å²) in [7, 11) is 1.66. The number of hydrogen-bond acceptors (Lipinski definition) is 6. The number of ether oxygens (including phenoxy) is 1. The Morgan fingerprint density at radius 2 is 1.88 bits per heavy atom. The second-order valence-corrected chi connectivity index (χ2v) is 9.13. The number of aromatic amines is 1. The molecule has 4 aromatic rings. The highest BCUT2D eigenvalue weighted by Crippen LogP contribution is 2.29. The van der Waals surface area contributed by atoms with Gasteiger partial charge in [0.25, 0.3) is 5.56 Å². The van der Waals surface area contributed by atoms with E-state index in [1.807, 2.05) is 48.0 Å². The van der Waals surface area contributed by atoms with Gasteiger partial charge < -0.3 is 9.72 Å². The minimum atomic E-state index is -0.0584. The molecule has 2 heterocycles. The number of H-pyrrole nitrogens is 1. The van der Waals surface area contributed by atoms with Gasteiger partial charge in [-0.25, -0.2) is 4.68 Å². The Labute approximate surface area is 198 Å². The fourth-order valence-corrected chi connectivity index (χ4v) is 4.89. The van der Waals surface area contributed by atoms with E-state index in [2.05, 4.69) is 37.5 Å². The Balaban J connectivity index is 1.45. The first-order valence-corrected chi connectivity index (χ1v) is 11.8. The number of nitrogens with zero attached hydrogens (tertiary/aromatic N) is 5. The topological polar surface area (TPSA) is 88.9 Å². The number of rotatable bonds is 8. The molecule has 2 aromatic heterocycles. The summed E-state index contributed by atoms with van der Waals surface area (Å²) in [5.74, 6) is 1.66. The third-order valence-corrected chi connectivity index (χ3v) is 6.72. The van der Waals surface area contributed by atoms with Gasteiger partial charge in [0.2, 0.25) is 0 Å². The lowest BCUT2D eigenvalue weighted by Gasteiger charge is -2.23. The first kappa shape index (κ1) is 22.3. The molecule has 2 aromatic carbocycles. The van der Waals surface area contributed by atoms with Crippen molar-refractivity contribution < 1.29 is 4.74 Å². The third-order valence-electron chi connectivity index (χ3n) is 6.72. The molecule has 0 unspecified atom stereocenters. The summed E-state index contributed by atoms with van der Waals surface area (Å²) < 4.78 is 7.29. The van der Waals surface area contributed by atoms with Gasteiger partial charge in [0.15, 0.2) is 5.82 Å². The second-order valence-electron chi connectivity index (χ2n) is 9.13. The standard InChI is InChI=1S/C26H30N6O2/c1-18-6-5-7-20-14-21(26(33)27-25(18)20)16-31(15-19-10-12-23(34-2)13-11-19)17-24-28-29-30-32(24)22-8-3-4-9-22/h5-7,10-14,22H,3-4,8-9,15-17H2,1-2H3,(H,27,33). The number of fused-ring (bicyclic) bond motifs is 1. The molecule has 176 valence electrons. The summed E-state index contributed by atoms with van der Waals surface area (Å²) in [6, 6.07) is 16.5. The lowest BCUT2D eigenvalue weighted by molar-refractivity contribution is 0.231. The molecule has 1 aliphatic rings. The molecule has 0 saturated heterocycles. The summed E-state index contributed by atoms with van der Waals surface area (Å²) in [6.07, 6.45) is 4.65. The van der Waals surface area contributed by atoms with Crippen molar-refractivity contribution in [2.75, 3.05) is 7.11 Å². The van der Waals surface area contributed by atoms with Crippen LogP contribution in [0, 0.1) is 6.92 Å². The number of pyridine rings is 1. The van der Waals surface area contributed by atoms with Crippen molar-refractivity contribution in [3.63, 3.8) is 0 Å². The highest BCUT2D eigenvalue weighted by molar-refractivity contribution is 5.81. The van der Waals surface area contributed by atoms with Gasteiger partial charge >= 0.3 is 0 Å². The largest absolute Gasteiger partial charge is 0.497 e. The zero-order chi connectivity index (χ0) is 23.5. The molecule has 1 saturated carbocycles. The van der Waals surface area contributed by atoms with Gasteiger partial charge in [-0.05, 0) is 64.9 Å². The maximum absolute atomic E-state index is 13.0. The Hall–Kier alpha value is -3.52. The summed E-state index contributed by atoms with van der Waals surface area (Å²) in [6.45, 7) is 3.72. The van der Waals surface area contributed by atoms with Crippen LogP contribution in [0.25, 0.3) is 10.9 Å². The Bertz CT molecular complexity index is 1320. The number of aryl methyl sites for hydroxylation is 1. The second kappa shape index (κ2) is 9.77. The summed E-state index contributed by atoms with van der Waals surface area (Å²) >= 11 is 0. The quantitative estimate of drug-likeness (QED) is 0.427. The number of aromatic nitrogens is 5. The van der Waals surface area contributed by atoms with Crippen LogP contribution in [-0.2, 0) is 19.6 Å². The van der Waals surface area contributed by atoms with E-state index < -0.39 is 0 Å². The molecule has 8 heteroatoms. The van der Waals surface area contributed by atoms with Gasteiger partial charge in [-0.15, -0.1) is 5.10 Å². The normalized spacial score (nSPS) is 14.3. The average Bonchev–Trinajstić information content (AvgIpc) is 3.53. The van der Waals surface area contributed by atoms with E-state index in [9.17, 15) is 4.79 Å². The third kappa shape index (κ3) is 4.72. The number of methoxy groups -OCH3 is 1. The highest BCUT2D eigenvalue weighted by Gasteiger charge is 2.23. The lowest BCUT2D eigenvalue weighted by atomic mass is 10.1. The number of tetrazole rings is 1. The zero-order valence-electron chi connectivity index (χ0n) is 19.7. The Morgan fingerprint density at radius 1 is 1.09 bits per heavy atom. The molecule has 0 radical (unpaired) electrons. The van der Waals surface area contributed by atoms with Crippen LogP contribution in [0.3, 0.4) is 0 Å². The molecule has 0 aliphatic heterocycles. The molecule has 1 N–H and O–H groups in total. The fraction of sp³-hybridized carbons (Fsp3) is 0.385. The lowest BCUT2D eigenvalue weighted by Crippen LogP contribution is -2.28. The van der Waals surface area contributed by atoms with E-state index >= 15 is 0 Å². The maximum atomic E-state index is 13.0. The molecule has 1 aliphatic carbocycles. The number of para-hydroxylation sites is 1. The minimum absolute atomic E-state index is 0.0584. The molecule has 8 nitrogen and oxygen atoms in total. The van der Waals surface area contributed by atoms with Crippen molar-refractivity contribution in [3.05, 3.63) is 81.4 Å². The van der Waals surface area contributed by atoms with Crippen LogP contribution in [0.4, 0.5) is 0 Å². The molecule has 1 fully saturated rings. The van der Waals surface area contributed by atoms with E-state index in [0.717, 1.165) is 52.0 Å². The minimum Gasteiger partial charge on any atom is -0.497 e. The van der Waals surface area contributed by atoms with Gasteiger partial charge in [0, 0.05) is 18.7 Å². The van der Waals surface area contributed by atoms with Crippen molar-refractivity contribution >= 4 is 10.9 Å². The van der Waals surface area contributed by atoms with Crippen molar-refractivity contribution in [2.24, 2.45) is 0 Å². The van der Waals surface area contributed by atoms with E-state index in [1.165, 1.54) is 12.8 Å². The molecule has 0 atom stereocenters. The van der Waals surface area contributed by atoms with E-state index in [-0.39, 0.29) is 5.56 Å². The van der Waals surface area contributed by atoms with Crippen molar-refractivity contribution in [1.29, 1.82) is 0 Å². The first-order valence-electron chi connectivity index (χ1n) is 11.8. The first-order chi connectivity index (χ1) is 16.6. The number of benzene rings is 2. The van der Waals surface area contributed by atoms with Gasteiger partial charge in [-0.1, -0.05) is 43.2 Å². The SMILES string of the molecule is COc1ccc(CN(Cc2cc3cccc(C)c3[nH]c2=O)Cc2nnnn2C2CCCC2)cc1. The van der Waals surface area contributed by atoms with Crippen molar-refractivity contribution in [1.82, 2.24) is 30.1 Å². The van der Waals surface area contributed by atoms with Crippen molar-refractivity contribution in [3.8, 4) is 5.75 Å². The van der Waals surface area contributed by atoms with Gasteiger partial charge in [-0.3, -0.25) is 9.69 Å². The predicted octanol–water partition coefficient (Wildman–Crippen LogP) is 4.15. The van der Waals surface area contributed by atoms with Crippen LogP contribution in [0.1, 0.15) is 54.2 Å². The predicted molar refractivity (Wildman–Crippen MR) is 131 cm³/mol. The van der Waals surface area contributed by atoms with Crippen LogP contribution >= 0.6 is 0 Å². The van der Waals surface area contributed by atoms with Crippen LogP contribution < -0.4 is 10.3 Å². The van der Waals surface area contributed by atoms with Crippen LogP contribution in [0.5, 0.6) is 5.75 Å². The molecule has 0 amide bonds. The zero-order valence-corrected chi connectivity index (χ0v) is 19.7. The van der Waals surface area contributed by atoms with E-state index in [0.29, 0.717) is 25.7 Å². The summed E-state index contributed by atoms with van der Waals surface area (Å²) in [5, 5.41) is 13.7. The highest BCUT2D eigenvalue weighted by atomic mass is 16.5. The maximum Gasteiger partial charge on any atom is 0.252 e. The van der Waals surface area contributed by atoms with Crippen molar-refractivity contribution in [2.45, 2.75) is 58.3 Å². The fourth-order valence-electron chi connectivity index (χ4n) is 4.89. The molecular formula is C26H30N6O2. The van der Waals surface area contributed by atoms with Crippen LogP contribution in [-0.4, -0.2) is 37.2 Å². The smallest absolute Gasteiger partial charge is 0.252 e. The molecule has 5 rings (SSSR count). The summed E-state index contributed by atoms with van der Waals surface area (Å²) in [5.41, 5.74) is 3.76. The molecule has 34 heavy (non-hydrogen) atoms. The number of hydrogen-bond donors (Lipinski definition) is 1. The Kier molecular flexibility index (Phi) is 6.40. The summed E-state index contributed by atoms with van der Waals surface area (Å²) in [4.78, 5) is 18.3. The molecule has 0 bridgehead atoms.